The summed E-state index contributed by atoms with van der Waals surface area (Å²) in [5, 5.41) is 3.35. The molecule has 0 aromatic heterocycles. The molecule has 0 radical (unpaired) electrons. The van der Waals surface area contributed by atoms with Crippen molar-refractivity contribution >= 4 is 29.1 Å². The van der Waals surface area contributed by atoms with E-state index in [-0.39, 0.29) is 11.8 Å². The minimum atomic E-state index is -0.290. The Morgan fingerprint density at radius 2 is 2.00 bits per heavy atom. The lowest BCUT2D eigenvalue weighted by atomic mass is 9.98. The molecule has 0 atom stereocenters. The quantitative estimate of drug-likeness (QED) is 0.885. The molecule has 0 bridgehead atoms. The third kappa shape index (κ3) is 3.83. The average molecular weight is 373 g/mol. The molecule has 3 rings (SSSR count). The number of nitrogens with zero attached hydrogens (tertiary/aromatic N) is 1. The second-order valence-electron chi connectivity index (χ2n) is 6.20. The Bertz CT molecular complexity index is 851. The van der Waals surface area contributed by atoms with Crippen LogP contribution < -0.4 is 10.1 Å². The van der Waals surface area contributed by atoms with E-state index in [1.807, 2.05) is 30.0 Å². The van der Waals surface area contributed by atoms with Crippen LogP contribution in [-0.2, 0) is 17.8 Å². The van der Waals surface area contributed by atoms with E-state index in [4.69, 9.17) is 16.3 Å². The standard InChI is InChI=1S/C20H21ClN2O3/c1-3-19(24)23-9-8-13-4-6-16(10-14(13)12-23)22-20(25)17-11-15(21)5-7-18(17)26-2/h4-7,10-11H,3,8-9,12H2,1-2H3,(H,22,25). The highest BCUT2D eigenvalue weighted by Gasteiger charge is 2.20. The van der Waals surface area contributed by atoms with E-state index >= 15 is 0 Å². The van der Waals surface area contributed by atoms with Crippen molar-refractivity contribution in [3.8, 4) is 5.75 Å². The van der Waals surface area contributed by atoms with Gasteiger partial charge in [-0.05, 0) is 47.9 Å². The van der Waals surface area contributed by atoms with Gasteiger partial charge in [-0.1, -0.05) is 24.6 Å². The van der Waals surface area contributed by atoms with Gasteiger partial charge in [0.2, 0.25) is 5.91 Å². The number of nitrogens with one attached hydrogen (secondary N) is 1. The van der Waals surface area contributed by atoms with Crippen molar-refractivity contribution in [1.82, 2.24) is 4.90 Å². The summed E-state index contributed by atoms with van der Waals surface area (Å²) in [6.45, 7) is 3.18. The molecular weight excluding hydrogens is 352 g/mol. The van der Waals surface area contributed by atoms with Crippen LogP contribution in [-0.4, -0.2) is 30.4 Å². The van der Waals surface area contributed by atoms with Gasteiger partial charge in [0.25, 0.3) is 5.91 Å². The van der Waals surface area contributed by atoms with Crippen molar-refractivity contribution in [2.45, 2.75) is 26.3 Å². The molecule has 0 saturated carbocycles. The van der Waals surface area contributed by atoms with Crippen LogP contribution in [0, 0.1) is 0 Å². The van der Waals surface area contributed by atoms with E-state index < -0.39 is 0 Å². The summed E-state index contributed by atoms with van der Waals surface area (Å²) in [4.78, 5) is 26.4. The first-order valence-electron chi connectivity index (χ1n) is 8.56. The topological polar surface area (TPSA) is 58.6 Å². The van der Waals surface area contributed by atoms with Crippen LogP contribution in [0.4, 0.5) is 5.69 Å². The van der Waals surface area contributed by atoms with Crippen molar-refractivity contribution in [2.24, 2.45) is 0 Å². The van der Waals surface area contributed by atoms with Crippen molar-refractivity contribution in [3.63, 3.8) is 0 Å². The van der Waals surface area contributed by atoms with Crippen LogP contribution in [0.2, 0.25) is 5.02 Å². The van der Waals surface area contributed by atoms with E-state index in [0.717, 1.165) is 18.5 Å². The number of fused-ring (bicyclic) bond motifs is 1. The van der Waals surface area contributed by atoms with Crippen LogP contribution in [0.25, 0.3) is 0 Å². The van der Waals surface area contributed by atoms with E-state index in [9.17, 15) is 9.59 Å². The molecular formula is C20H21ClN2O3. The molecule has 6 heteroatoms. The minimum absolute atomic E-state index is 0.147. The highest BCUT2D eigenvalue weighted by atomic mass is 35.5. The normalized spacial score (nSPS) is 13.1. The molecule has 1 N–H and O–H groups in total. The number of benzene rings is 2. The lowest BCUT2D eigenvalue weighted by Crippen LogP contribution is -2.35. The maximum atomic E-state index is 12.6. The Kier molecular flexibility index (Phi) is 5.47. The van der Waals surface area contributed by atoms with Crippen LogP contribution in [0.15, 0.2) is 36.4 Å². The predicted octanol–water partition coefficient (Wildman–Crippen LogP) is 3.90. The summed E-state index contributed by atoms with van der Waals surface area (Å²) in [6.07, 6.45) is 1.33. The van der Waals surface area contributed by atoms with Gasteiger partial charge in [0.05, 0.1) is 12.7 Å². The molecule has 0 unspecified atom stereocenters. The number of anilines is 1. The maximum absolute atomic E-state index is 12.6. The fourth-order valence-electron chi connectivity index (χ4n) is 3.13. The van der Waals surface area contributed by atoms with E-state index in [2.05, 4.69) is 5.32 Å². The van der Waals surface area contributed by atoms with Crippen LogP contribution >= 0.6 is 11.6 Å². The third-order valence-electron chi connectivity index (χ3n) is 4.54. The minimum Gasteiger partial charge on any atom is -0.496 e. The summed E-state index contributed by atoms with van der Waals surface area (Å²) < 4.78 is 5.24. The van der Waals surface area contributed by atoms with Crippen molar-refractivity contribution in [2.75, 3.05) is 19.0 Å². The molecule has 5 nitrogen and oxygen atoms in total. The molecule has 0 spiro atoms. The number of hydrogen-bond donors (Lipinski definition) is 1. The maximum Gasteiger partial charge on any atom is 0.259 e. The Labute approximate surface area is 157 Å². The summed E-state index contributed by atoms with van der Waals surface area (Å²) in [5.74, 6) is 0.319. The Morgan fingerprint density at radius 1 is 1.19 bits per heavy atom. The molecule has 0 fully saturated rings. The first kappa shape index (κ1) is 18.3. The highest BCUT2D eigenvalue weighted by Crippen LogP contribution is 2.26. The van der Waals surface area contributed by atoms with Gasteiger partial charge >= 0.3 is 0 Å². The van der Waals surface area contributed by atoms with Crippen molar-refractivity contribution in [3.05, 3.63) is 58.1 Å². The van der Waals surface area contributed by atoms with E-state index in [1.54, 1.807) is 18.2 Å². The summed E-state index contributed by atoms with van der Waals surface area (Å²) >= 11 is 6.00. The smallest absolute Gasteiger partial charge is 0.259 e. The van der Waals surface area contributed by atoms with Crippen molar-refractivity contribution in [1.29, 1.82) is 0 Å². The zero-order valence-electron chi connectivity index (χ0n) is 14.8. The number of ether oxygens (including phenoxy) is 1. The summed E-state index contributed by atoms with van der Waals surface area (Å²) in [6, 6.07) is 10.7. The van der Waals surface area contributed by atoms with Gasteiger partial charge in [0.15, 0.2) is 0 Å². The van der Waals surface area contributed by atoms with Gasteiger partial charge in [-0.15, -0.1) is 0 Å². The molecule has 136 valence electrons. The van der Waals surface area contributed by atoms with Crippen LogP contribution in [0.1, 0.15) is 34.8 Å². The van der Waals surface area contributed by atoms with E-state index in [1.165, 1.54) is 12.7 Å². The largest absolute Gasteiger partial charge is 0.496 e. The van der Waals surface area contributed by atoms with Gasteiger partial charge in [0.1, 0.15) is 5.75 Å². The zero-order valence-corrected chi connectivity index (χ0v) is 15.6. The highest BCUT2D eigenvalue weighted by molar-refractivity contribution is 6.31. The number of halogens is 1. The molecule has 0 aliphatic carbocycles. The van der Waals surface area contributed by atoms with Gasteiger partial charge in [0, 0.05) is 30.2 Å². The second-order valence-corrected chi connectivity index (χ2v) is 6.64. The first-order chi connectivity index (χ1) is 12.5. The fourth-order valence-corrected chi connectivity index (χ4v) is 3.30. The monoisotopic (exact) mass is 372 g/mol. The molecule has 2 amide bonds. The van der Waals surface area contributed by atoms with E-state index in [0.29, 0.717) is 35.0 Å². The average Bonchev–Trinajstić information content (AvgIpc) is 2.66. The zero-order chi connectivity index (χ0) is 18.7. The first-order valence-corrected chi connectivity index (χ1v) is 8.94. The number of hydrogen-bond acceptors (Lipinski definition) is 3. The number of carbonyl (C=O) groups is 2. The molecule has 2 aromatic rings. The Hall–Kier alpha value is -2.53. The SMILES string of the molecule is CCC(=O)N1CCc2ccc(NC(=O)c3cc(Cl)ccc3OC)cc2C1. The number of carbonyl (C=O) groups excluding carboxylic acids is 2. The van der Waals surface area contributed by atoms with Crippen LogP contribution in [0.5, 0.6) is 5.75 Å². The lowest BCUT2D eigenvalue weighted by molar-refractivity contribution is -0.131. The molecule has 1 heterocycles. The molecule has 2 aromatic carbocycles. The number of amides is 2. The number of rotatable bonds is 4. The molecule has 1 aliphatic rings. The van der Waals surface area contributed by atoms with Crippen molar-refractivity contribution < 1.29 is 14.3 Å². The summed E-state index contributed by atoms with van der Waals surface area (Å²) in [7, 11) is 1.51. The van der Waals surface area contributed by atoms with Gasteiger partial charge in [-0.3, -0.25) is 9.59 Å². The Morgan fingerprint density at radius 3 is 2.73 bits per heavy atom. The predicted molar refractivity (Wildman–Crippen MR) is 102 cm³/mol. The Balaban J connectivity index is 1.80. The van der Waals surface area contributed by atoms with Gasteiger partial charge in [-0.2, -0.15) is 0 Å². The fraction of sp³-hybridized carbons (Fsp3) is 0.300. The summed E-state index contributed by atoms with van der Waals surface area (Å²) in [5.41, 5.74) is 3.33. The molecule has 0 saturated heterocycles. The van der Waals surface area contributed by atoms with Gasteiger partial charge < -0.3 is 15.0 Å². The lowest BCUT2D eigenvalue weighted by Gasteiger charge is -2.29. The van der Waals surface area contributed by atoms with Crippen LogP contribution in [0.3, 0.4) is 0 Å². The third-order valence-corrected chi connectivity index (χ3v) is 4.77. The molecule has 26 heavy (non-hydrogen) atoms. The number of methoxy groups -OCH3 is 1. The molecule has 1 aliphatic heterocycles. The van der Waals surface area contributed by atoms with Gasteiger partial charge in [-0.25, -0.2) is 0 Å². The second kappa shape index (κ2) is 7.79.